The number of aromatic nitrogens is 2. The number of hydrogen-bond acceptors (Lipinski definition) is 5. The number of hydrogen-bond donors (Lipinski definition) is 2. The highest BCUT2D eigenvalue weighted by atomic mass is 79.9. The van der Waals surface area contributed by atoms with Crippen LogP contribution in [-0.2, 0) is 17.7 Å². The molecule has 0 radical (unpaired) electrons. The van der Waals surface area contributed by atoms with Gasteiger partial charge in [-0.05, 0) is 20.8 Å². The molecule has 2 heterocycles. The van der Waals surface area contributed by atoms with Crippen molar-refractivity contribution in [2.75, 3.05) is 18.5 Å². The number of H-pyrrole nitrogens is 1. The molecule has 1 aromatic rings. The summed E-state index contributed by atoms with van der Waals surface area (Å²) >= 11 is 2.72. The van der Waals surface area contributed by atoms with E-state index in [0.717, 1.165) is 0 Å². The minimum absolute atomic E-state index is 0.0888. The summed E-state index contributed by atoms with van der Waals surface area (Å²) in [5.74, 6) is -0.653. The maximum atomic E-state index is 12.6. The molecule has 0 aliphatic carbocycles. The summed E-state index contributed by atoms with van der Waals surface area (Å²) in [6.45, 7) is 5.21. The van der Waals surface area contributed by atoms with Gasteiger partial charge in [0.15, 0.2) is 0 Å². The van der Waals surface area contributed by atoms with E-state index in [2.05, 4.69) is 36.4 Å². The molecule has 12 heteroatoms. The van der Waals surface area contributed by atoms with Crippen molar-refractivity contribution in [3.63, 3.8) is 0 Å². The third-order valence-corrected chi connectivity index (χ3v) is 4.29. The molecule has 8 nitrogen and oxygen atoms in total. The molecule has 156 valence electrons. The highest BCUT2D eigenvalue weighted by molar-refractivity contribution is 9.09. The number of amides is 2. The van der Waals surface area contributed by atoms with Crippen LogP contribution < -0.4 is 5.32 Å². The van der Waals surface area contributed by atoms with Crippen LogP contribution in [-0.4, -0.2) is 63.1 Å². The zero-order valence-corrected chi connectivity index (χ0v) is 17.2. The lowest BCUT2D eigenvalue weighted by Gasteiger charge is -2.29. The van der Waals surface area contributed by atoms with Gasteiger partial charge in [-0.3, -0.25) is 14.9 Å². The molecular weight excluding hydrogens is 447 g/mol. The van der Waals surface area contributed by atoms with Crippen molar-refractivity contribution in [3.8, 4) is 0 Å². The molecule has 1 aromatic heterocycles. The van der Waals surface area contributed by atoms with Gasteiger partial charge in [-0.2, -0.15) is 18.3 Å². The largest absolute Gasteiger partial charge is 0.444 e. The van der Waals surface area contributed by atoms with Gasteiger partial charge in [-0.25, -0.2) is 4.79 Å². The lowest BCUT2D eigenvalue weighted by atomic mass is 10.1. The summed E-state index contributed by atoms with van der Waals surface area (Å²) in [4.78, 5) is 29.4. The number of carbonyl (C=O) groups is 2. The highest BCUT2D eigenvalue weighted by Gasteiger charge is 2.34. The number of rotatable bonds is 4. The predicted octanol–water partition coefficient (Wildman–Crippen LogP) is 2.79. The van der Waals surface area contributed by atoms with E-state index in [4.69, 9.17) is 4.74 Å². The molecule has 0 spiro atoms. The maximum absolute atomic E-state index is 12.6. The van der Waals surface area contributed by atoms with Crippen LogP contribution in [0.3, 0.4) is 0 Å². The van der Waals surface area contributed by atoms with E-state index in [0.29, 0.717) is 24.2 Å². The Kier molecular flexibility index (Phi) is 6.73. The minimum atomic E-state index is -4.57. The molecule has 0 saturated heterocycles. The Hall–Kier alpha value is -2.11. The first kappa shape index (κ1) is 22.2. The van der Waals surface area contributed by atoms with Crippen molar-refractivity contribution in [3.05, 3.63) is 17.0 Å². The normalized spacial score (nSPS) is 15.2. The fraction of sp³-hybridized carbons (Fsp3) is 0.625. The molecule has 2 rings (SSSR count). The Morgan fingerprint density at radius 1 is 1.36 bits per heavy atom. The number of nitrogens with one attached hydrogen (secondary N) is 2. The molecule has 0 saturated carbocycles. The van der Waals surface area contributed by atoms with Gasteiger partial charge in [0, 0.05) is 18.5 Å². The number of fused-ring (bicyclic) bond motifs is 1. The predicted molar refractivity (Wildman–Crippen MR) is 98.6 cm³/mol. The van der Waals surface area contributed by atoms with Crippen LogP contribution in [0.25, 0.3) is 0 Å². The van der Waals surface area contributed by atoms with E-state index < -0.39 is 41.5 Å². The topological polar surface area (TPSA) is 99.7 Å². The van der Waals surface area contributed by atoms with E-state index in [-0.39, 0.29) is 12.2 Å². The van der Waals surface area contributed by atoms with Gasteiger partial charge in [0.05, 0.1) is 17.6 Å². The van der Waals surface area contributed by atoms with Crippen LogP contribution >= 0.6 is 15.9 Å². The van der Waals surface area contributed by atoms with Crippen LogP contribution in [0.15, 0.2) is 4.99 Å². The molecule has 0 aromatic carbocycles. The zero-order chi connectivity index (χ0) is 21.1. The van der Waals surface area contributed by atoms with E-state index in [1.54, 1.807) is 20.8 Å². The SMILES string of the molecule is CC(C)(C)OC(=O)N1CCc2n[nH]c(C(=O)NC/N=C(\CBr)C(F)(F)F)c2C1. The Balaban J connectivity index is 2.06. The van der Waals surface area contributed by atoms with E-state index in [1.165, 1.54) is 4.90 Å². The monoisotopic (exact) mass is 467 g/mol. The van der Waals surface area contributed by atoms with Crippen molar-refractivity contribution in [1.82, 2.24) is 20.4 Å². The van der Waals surface area contributed by atoms with Crippen LogP contribution in [0, 0.1) is 0 Å². The smallest absolute Gasteiger partial charge is 0.429 e. The molecular formula is C16H21BrF3N5O3. The minimum Gasteiger partial charge on any atom is -0.444 e. The summed E-state index contributed by atoms with van der Waals surface area (Å²) in [6.07, 6.45) is -4.66. The molecule has 2 amide bonds. The lowest BCUT2D eigenvalue weighted by Crippen LogP contribution is -2.40. The van der Waals surface area contributed by atoms with E-state index in [1.807, 2.05) is 0 Å². The van der Waals surface area contributed by atoms with Crippen molar-refractivity contribution >= 4 is 33.6 Å². The second-order valence-corrected chi connectivity index (χ2v) is 7.64. The molecule has 0 bridgehead atoms. The summed E-state index contributed by atoms with van der Waals surface area (Å²) in [6, 6.07) is 0. The van der Waals surface area contributed by atoms with Crippen LogP contribution in [0.2, 0.25) is 0 Å². The molecule has 1 aliphatic heterocycles. The lowest BCUT2D eigenvalue weighted by molar-refractivity contribution is -0.0591. The summed E-state index contributed by atoms with van der Waals surface area (Å²) in [5.41, 5.74) is -0.459. The number of carbonyl (C=O) groups excluding carboxylic acids is 2. The quantitative estimate of drug-likeness (QED) is 0.525. The first-order chi connectivity index (χ1) is 12.9. The number of nitrogens with zero attached hydrogens (tertiary/aromatic N) is 3. The highest BCUT2D eigenvalue weighted by Crippen LogP contribution is 2.22. The first-order valence-electron chi connectivity index (χ1n) is 8.41. The second kappa shape index (κ2) is 8.50. The Bertz CT molecular complexity index is 771. The van der Waals surface area contributed by atoms with Gasteiger partial charge in [-0.15, -0.1) is 0 Å². The third-order valence-electron chi connectivity index (χ3n) is 3.76. The van der Waals surface area contributed by atoms with Gasteiger partial charge in [0.1, 0.15) is 23.7 Å². The van der Waals surface area contributed by atoms with Gasteiger partial charge in [0.2, 0.25) is 0 Å². The van der Waals surface area contributed by atoms with Crippen LogP contribution in [0.5, 0.6) is 0 Å². The molecule has 28 heavy (non-hydrogen) atoms. The van der Waals surface area contributed by atoms with E-state index >= 15 is 0 Å². The van der Waals surface area contributed by atoms with E-state index in [9.17, 15) is 22.8 Å². The average Bonchev–Trinajstić information content (AvgIpc) is 2.99. The molecule has 2 N–H and O–H groups in total. The Morgan fingerprint density at radius 3 is 2.61 bits per heavy atom. The number of halogens is 4. The molecule has 0 atom stereocenters. The summed E-state index contributed by atoms with van der Waals surface area (Å²) in [7, 11) is 0. The first-order valence-corrected chi connectivity index (χ1v) is 9.53. The van der Waals surface area contributed by atoms with Crippen molar-refractivity contribution < 1.29 is 27.5 Å². The second-order valence-electron chi connectivity index (χ2n) is 7.08. The Labute approximate surface area is 168 Å². The standard InChI is InChI=1S/C16H21BrF3N5O3/c1-15(2,3)28-14(27)25-5-4-10-9(7-25)12(24-23-10)13(26)22-8-21-11(6-17)16(18,19)20/h4-8H2,1-3H3,(H,22,26)(H,23,24)/b21-11+. The fourth-order valence-electron chi connectivity index (χ4n) is 2.46. The number of aromatic amines is 1. The zero-order valence-electron chi connectivity index (χ0n) is 15.6. The van der Waals surface area contributed by atoms with Crippen LogP contribution in [0.4, 0.5) is 18.0 Å². The van der Waals surface area contributed by atoms with Gasteiger partial charge in [-0.1, -0.05) is 15.9 Å². The maximum Gasteiger partial charge on any atom is 0.429 e. The van der Waals surface area contributed by atoms with Crippen molar-refractivity contribution in [1.29, 1.82) is 0 Å². The molecule has 0 unspecified atom stereocenters. The summed E-state index contributed by atoms with van der Waals surface area (Å²) in [5, 5.41) is 8.47. The van der Waals surface area contributed by atoms with Crippen LogP contribution in [0.1, 0.15) is 42.5 Å². The van der Waals surface area contributed by atoms with Crippen molar-refractivity contribution in [2.24, 2.45) is 4.99 Å². The van der Waals surface area contributed by atoms with Gasteiger partial charge >= 0.3 is 12.3 Å². The number of alkyl halides is 4. The molecule has 1 aliphatic rings. The summed E-state index contributed by atoms with van der Waals surface area (Å²) < 4.78 is 43.3. The number of aliphatic imine (C=N–C) groups is 1. The average molecular weight is 468 g/mol. The molecule has 0 fully saturated rings. The fourth-order valence-corrected chi connectivity index (χ4v) is 2.96. The van der Waals surface area contributed by atoms with Crippen molar-refractivity contribution in [2.45, 2.75) is 45.5 Å². The number of ether oxygens (including phenoxy) is 1. The third kappa shape index (κ3) is 5.69. The Morgan fingerprint density at radius 2 is 2.04 bits per heavy atom. The van der Waals surface area contributed by atoms with Gasteiger partial charge in [0.25, 0.3) is 5.91 Å². The van der Waals surface area contributed by atoms with Gasteiger partial charge < -0.3 is 15.0 Å².